The normalized spacial score (nSPS) is 11.7. The van der Waals surface area contributed by atoms with E-state index in [1.165, 1.54) is 7.11 Å². The van der Waals surface area contributed by atoms with Gasteiger partial charge in [-0.1, -0.05) is 30.3 Å². The SMILES string of the molecule is COC[C@H](CCC(=O)O)NC(=O)OCc1ccccc1. The summed E-state index contributed by atoms with van der Waals surface area (Å²) in [5.74, 6) is -0.912. The summed E-state index contributed by atoms with van der Waals surface area (Å²) in [6.45, 7) is 0.416. The van der Waals surface area contributed by atoms with Gasteiger partial charge >= 0.3 is 12.1 Å². The second-order valence-corrected chi connectivity index (χ2v) is 4.29. The number of hydrogen-bond donors (Lipinski definition) is 2. The molecule has 0 aromatic heterocycles. The minimum atomic E-state index is -0.912. The van der Waals surface area contributed by atoms with E-state index in [4.69, 9.17) is 14.6 Å². The molecule has 2 N–H and O–H groups in total. The predicted octanol–water partition coefficient (Wildman–Crippen LogP) is 1.79. The molecule has 0 aliphatic carbocycles. The monoisotopic (exact) mass is 281 g/mol. The lowest BCUT2D eigenvalue weighted by Gasteiger charge is -2.16. The van der Waals surface area contributed by atoms with Gasteiger partial charge in [0.2, 0.25) is 0 Å². The van der Waals surface area contributed by atoms with E-state index in [0.717, 1.165) is 5.56 Å². The van der Waals surface area contributed by atoms with Crippen molar-refractivity contribution in [2.45, 2.75) is 25.5 Å². The largest absolute Gasteiger partial charge is 0.481 e. The van der Waals surface area contributed by atoms with E-state index in [9.17, 15) is 9.59 Å². The van der Waals surface area contributed by atoms with Gasteiger partial charge in [-0.3, -0.25) is 4.79 Å². The van der Waals surface area contributed by atoms with Gasteiger partial charge in [-0.15, -0.1) is 0 Å². The van der Waals surface area contributed by atoms with Crippen LogP contribution in [0.5, 0.6) is 0 Å². The zero-order chi connectivity index (χ0) is 14.8. The number of aliphatic carboxylic acids is 1. The third-order valence-corrected chi connectivity index (χ3v) is 2.61. The van der Waals surface area contributed by atoms with Crippen LogP contribution >= 0.6 is 0 Å². The van der Waals surface area contributed by atoms with Crippen LogP contribution in [0.1, 0.15) is 18.4 Å². The summed E-state index contributed by atoms with van der Waals surface area (Å²) in [4.78, 5) is 22.1. The Hall–Kier alpha value is -2.08. The molecule has 6 nitrogen and oxygen atoms in total. The Morgan fingerprint density at radius 3 is 2.60 bits per heavy atom. The highest BCUT2D eigenvalue weighted by Crippen LogP contribution is 2.02. The van der Waals surface area contributed by atoms with Crippen LogP contribution in [0.15, 0.2) is 30.3 Å². The summed E-state index contributed by atoms with van der Waals surface area (Å²) in [6.07, 6.45) is -0.322. The van der Waals surface area contributed by atoms with E-state index in [-0.39, 0.29) is 25.7 Å². The second kappa shape index (κ2) is 8.92. The Labute approximate surface area is 117 Å². The van der Waals surface area contributed by atoms with Crippen LogP contribution in [-0.2, 0) is 20.9 Å². The van der Waals surface area contributed by atoms with Gasteiger partial charge in [0, 0.05) is 13.5 Å². The summed E-state index contributed by atoms with van der Waals surface area (Å²) >= 11 is 0. The fourth-order valence-electron chi connectivity index (χ4n) is 1.63. The van der Waals surface area contributed by atoms with Crippen LogP contribution in [0, 0.1) is 0 Å². The number of carboxylic acids is 1. The highest BCUT2D eigenvalue weighted by molar-refractivity contribution is 5.68. The van der Waals surface area contributed by atoms with Crippen LogP contribution < -0.4 is 5.32 Å². The molecule has 0 saturated carbocycles. The maximum absolute atomic E-state index is 11.6. The van der Waals surface area contributed by atoms with Crippen molar-refractivity contribution >= 4 is 12.1 Å². The van der Waals surface area contributed by atoms with Gasteiger partial charge in [0.1, 0.15) is 6.61 Å². The molecule has 20 heavy (non-hydrogen) atoms. The van der Waals surface area contributed by atoms with E-state index in [2.05, 4.69) is 5.32 Å². The van der Waals surface area contributed by atoms with Crippen LogP contribution in [0.2, 0.25) is 0 Å². The molecule has 110 valence electrons. The van der Waals surface area contributed by atoms with Crippen molar-refractivity contribution in [3.8, 4) is 0 Å². The molecule has 0 bridgehead atoms. The number of alkyl carbamates (subject to hydrolysis) is 1. The summed E-state index contributed by atoms with van der Waals surface area (Å²) < 4.78 is 10.00. The van der Waals surface area contributed by atoms with Crippen molar-refractivity contribution in [2.75, 3.05) is 13.7 Å². The highest BCUT2D eigenvalue weighted by atomic mass is 16.5. The quantitative estimate of drug-likeness (QED) is 0.759. The van der Waals surface area contributed by atoms with Gasteiger partial charge in [-0.25, -0.2) is 4.79 Å². The first kappa shape index (κ1) is 16.0. The molecule has 0 fully saturated rings. The number of ether oxygens (including phenoxy) is 2. The van der Waals surface area contributed by atoms with E-state index >= 15 is 0 Å². The van der Waals surface area contributed by atoms with E-state index in [1.807, 2.05) is 30.3 Å². The average Bonchev–Trinajstić information content (AvgIpc) is 2.44. The van der Waals surface area contributed by atoms with Crippen molar-refractivity contribution in [1.29, 1.82) is 0 Å². The van der Waals surface area contributed by atoms with Crippen LogP contribution in [0.25, 0.3) is 0 Å². The predicted molar refractivity (Wildman–Crippen MR) is 72.3 cm³/mol. The standard InChI is InChI=1S/C14H19NO5/c1-19-10-12(7-8-13(16)17)15-14(18)20-9-11-5-3-2-4-6-11/h2-6,12H,7-10H2,1H3,(H,15,18)(H,16,17)/t12-/m0/s1. The van der Waals surface area contributed by atoms with Gasteiger partial charge in [0.05, 0.1) is 12.6 Å². The molecule has 1 aromatic carbocycles. The summed E-state index contributed by atoms with van der Waals surface area (Å²) in [7, 11) is 1.49. The van der Waals surface area contributed by atoms with Crippen molar-refractivity contribution in [2.24, 2.45) is 0 Å². The van der Waals surface area contributed by atoms with Gasteiger partial charge < -0.3 is 19.9 Å². The summed E-state index contributed by atoms with van der Waals surface area (Å²) in [5.41, 5.74) is 0.886. The number of rotatable bonds is 8. The number of methoxy groups -OCH3 is 1. The van der Waals surface area contributed by atoms with Crippen LogP contribution in [0.3, 0.4) is 0 Å². The molecular weight excluding hydrogens is 262 g/mol. The summed E-state index contributed by atoms with van der Waals surface area (Å²) in [6, 6.07) is 8.92. The minimum absolute atomic E-state index is 0.0347. The summed E-state index contributed by atoms with van der Waals surface area (Å²) in [5, 5.41) is 11.2. The molecule has 0 spiro atoms. The second-order valence-electron chi connectivity index (χ2n) is 4.29. The van der Waals surface area contributed by atoms with Gasteiger partial charge in [0.15, 0.2) is 0 Å². The number of hydrogen-bond acceptors (Lipinski definition) is 4. The molecule has 0 unspecified atom stereocenters. The lowest BCUT2D eigenvalue weighted by atomic mass is 10.2. The molecule has 0 radical (unpaired) electrons. The van der Waals surface area contributed by atoms with E-state index in [0.29, 0.717) is 6.42 Å². The Balaban J connectivity index is 2.35. The zero-order valence-electron chi connectivity index (χ0n) is 11.4. The number of carboxylic acid groups (broad SMARTS) is 1. The van der Waals surface area contributed by atoms with Gasteiger partial charge in [-0.05, 0) is 12.0 Å². The van der Waals surface area contributed by atoms with Crippen LogP contribution in [0.4, 0.5) is 4.79 Å². The molecule has 6 heteroatoms. The Kier molecular flexibility index (Phi) is 7.13. The molecule has 0 saturated heterocycles. The highest BCUT2D eigenvalue weighted by Gasteiger charge is 2.14. The van der Waals surface area contributed by atoms with Gasteiger partial charge in [-0.2, -0.15) is 0 Å². The van der Waals surface area contributed by atoms with Crippen LogP contribution in [-0.4, -0.2) is 36.9 Å². The molecule has 1 atom stereocenters. The molecule has 1 amide bonds. The van der Waals surface area contributed by atoms with Crippen molar-refractivity contribution in [3.63, 3.8) is 0 Å². The molecule has 0 aliphatic rings. The topological polar surface area (TPSA) is 84.9 Å². The molecule has 0 heterocycles. The van der Waals surface area contributed by atoms with E-state index < -0.39 is 12.1 Å². The van der Waals surface area contributed by atoms with E-state index in [1.54, 1.807) is 0 Å². The number of carbonyl (C=O) groups excluding carboxylic acids is 1. The fourth-order valence-corrected chi connectivity index (χ4v) is 1.63. The number of carbonyl (C=O) groups is 2. The number of amides is 1. The first-order chi connectivity index (χ1) is 9.61. The van der Waals surface area contributed by atoms with Crippen molar-refractivity contribution < 1.29 is 24.2 Å². The number of nitrogens with one attached hydrogen (secondary N) is 1. The molecular formula is C14H19NO5. The zero-order valence-corrected chi connectivity index (χ0v) is 11.4. The molecule has 1 aromatic rings. The maximum atomic E-state index is 11.6. The smallest absolute Gasteiger partial charge is 0.407 e. The third-order valence-electron chi connectivity index (χ3n) is 2.61. The average molecular weight is 281 g/mol. The molecule has 1 rings (SSSR count). The van der Waals surface area contributed by atoms with Crippen molar-refractivity contribution in [1.82, 2.24) is 5.32 Å². The van der Waals surface area contributed by atoms with Gasteiger partial charge in [0.25, 0.3) is 0 Å². The molecule has 0 aliphatic heterocycles. The lowest BCUT2D eigenvalue weighted by molar-refractivity contribution is -0.137. The first-order valence-corrected chi connectivity index (χ1v) is 6.29. The Morgan fingerprint density at radius 1 is 1.30 bits per heavy atom. The Bertz CT molecular complexity index is 421. The Morgan fingerprint density at radius 2 is 2.00 bits per heavy atom. The maximum Gasteiger partial charge on any atom is 0.407 e. The first-order valence-electron chi connectivity index (χ1n) is 6.29. The third kappa shape index (κ3) is 6.75. The number of benzene rings is 1. The fraction of sp³-hybridized carbons (Fsp3) is 0.429. The van der Waals surface area contributed by atoms with Crippen molar-refractivity contribution in [3.05, 3.63) is 35.9 Å². The lowest BCUT2D eigenvalue weighted by Crippen LogP contribution is -2.38. The minimum Gasteiger partial charge on any atom is -0.481 e.